The molecule has 0 aromatic carbocycles. The van der Waals surface area contributed by atoms with Gasteiger partial charge in [0.25, 0.3) is 0 Å². The van der Waals surface area contributed by atoms with Crippen LogP contribution in [0.3, 0.4) is 0 Å². The lowest BCUT2D eigenvalue weighted by Gasteiger charge is -2.36. The summed E-state index contributed by atoms with van der Waals surface area (Å²) in [6.45, 7) is 1.35. The highest BCUT2D eigenvalue weighted by atomic mass is 19.3. The maximum atomic E-state index is 13.2. The monoisotopic (exact) mass is 324 g/mol. The lowest BCUT2D eigenvalue weighted by Crippen LogP contribution is -2.46. The molecule has 1 saturated carbocycles. The lowest BCUT2D eigenvalue weighted by molar-refractivity contribution is -0.140. The number of alkyl halides is 2. The summed E-state index contributed by atoms with van der Waals surface area (Å²) in [5, 5.41) is 3.34. The Morgan fingerprint density at radius 3 is 2.52 bits per heavy atom. The number of nitrogens with zero attached hydrogens (tertiary/aromatic N) is 3. The molecule has 1 aromatic rings. The maximum absolute atomic E-state index is 13.2. The van der Waals surface area contributed by atoms with Gasteiger partial charge in [-0.15, -0.1) is 0 Å². The van der Waals surface area contributed by atoms with Gasteiger partial charge in [-0.3, -0.25) is 4.79 Å². The molecular weight excluding hydrogens is 302 g/mol. The van der Waals surface area contributed by atoms with E-state index in [1.165, 1.54) is 6.33 Å². The van der Waals surface area contributed by atoms with E-state index in [2.05, 4.69) is 15.3 Å². The molecule has 1 aliphatic heterocycles. The lowest BCUT2D eigenvalue weighted by atomic mass is 9.85. The van der Waals surface area contributed by atoms with E-state index in [1.54, 1.807) is 6.20 Å². The Morgan fingerprint density at radius 1 is 1.22 bits per heavy atom. The topological polar surface area (TPSA) is 58.1 Å². The number of carbonyl (C=O) groups is 1. The molecule has 0 atom stereocenters. The van der Waals surface area contributed by atoms with Gasteiger partial charge in [0.1, 0.15) is 12.1 Å². The van der Waals surface area contributed by atoms with Gasteiger partial charge in [0.2, 0.25) is 11.8 Å². The summed E-state index contributed by atoms with van der Waals surface area (Å²) in [5.41, 5.74) is 0. The van der Waals surface area contributed by atoms with Gasteiger partial charge < -0.3 is 10.2 Å². The van der Waals surface area contributed by atoms with Gasteiger partial charge in [0.15, 0.2) is 0 Å². The first kappa shape index (κ1) is 16.1. The molecule has 1 aromatic heterocycles. The number of carbonyl (C=O) groups excluding carboxylic acids is 1. The normalized spacial score (nSPS) is 22.8. The van der Waals surface area contributed by atoms with Crippen molar-refractivity contribution in [1.82, 2.24) is 14.9 Å². The molecule has 1 amide bonds. The zero-order valence-electron chi connectivity index (χ0n) is 13.0. The van der Waals surface area contributed by atoms with E-state index in [0.29, 0.717) is 25.9 Å². The fourth-order valence-electron chi connectivity index (χ4n) is 3.37. The van der Waals surface area contributed by atoms with Crippen LogP contribution in [0.25, 0.3) is 0 Å². The summed E-state index contributed by atoms with van der Waals surface area (Å²) in [4.78, 5) is 22.3. The van der Waals surface area contributed by atoms with Crippen LogP contribution < -0.4 is 5.32 Å². The largest absolute Gasteiger partial charge is 0.367 e. The minimum Gasteiger partial charge on any atom is -0.367 e. The zero-order valence-corrected chi connectivity index (χ0v) is 13.0. The van der Waals surface area contributed by atoms with Gasteiger partial charge in [0, 0.05) is 44.1 Å². The van der Waals surface area contributed by atoms with E-state index in [0.717, 1.165) is 18.7 Å². The van der Waals surface area contributed by atoms with E-state index in [1.807, 2.05) is 11.0 Å². The van der Waals surface area contributed by atoms with Gasteiger partial charge in [-0.2, -0.15) is 0 Å². The van der Waals surface area contributed by atoms with Crippen LogP contribution in [0.2, 0.25) is 0 Å². The van der Waals surface area contributed by atoms with E-state index < -0.39 is 5.92 Å². The average molecular weight is 324 g/mol. The van der Waals surface area contributed by atoms with Crippen LogP contribution in [0, 0.1) is 5.92 Å². The summed E-state index contributed by atoms with van der Waals surface area (Å²) in [5.74, 6) is -1.95. The van der Waals surface area contributed by atoms with Crippen LogP contribution in [0.1, 0.15) is 38.5 Å². The molecule has 0 radical (unpaired) electrons. The third-order valence-corrected chi connectivity index (χ3v) is 4.81. The summed E-state index contributed by atoms with van der Waals surface area (Å²) < 4.78 is 26.4. The van der Waals surface area contributed by atoms with Crippen molar-refractivity contribution in [3.05, 3.63) is 18.6 Å². The van der Waals surface area contributed by atoms with Crippen LogP contribution in [-0.4, -0.2) is 45.8 Å². The Balaban J connectivity index is 1.46. The number of halogens is 2. The molecule has 2 aliphatic rings. The number of rotatable bonds is 3. The fourth-order valence-corrected chi connectivity index (χ4v) is 3.37. The molecule has 23 heavy (non-hydrogen) atoms. The van der Waals surface area contributed by atoms with E-state index in [4.69, 9.17) is 0 Å². The van der Waals surface area contributed by atoms with Crippen molar-refractivity contribution in [3.63, 3.8) is 0 Å². The highest BCUT2D eigenvalue weighted by Crippen LogP contribution is 2.37. The smallest absolute Gasteiger partial charge is 0.248 e. The van der Waals surface area contributed by atoms with Gasteiger partial charge in [0.05, 0.1) is 0 Å². The van der Waals surface area contributed by atoms with Gasteiger partial charge in [-0.25, -0.2) is 18.7 Å². The van der Waals surface area contributed by atoms with Crippen LogP contribution in [0.4, 0.5) is 14.6 Å². The number of hydrogen-bond donors (Lipinski definition) is 1. The summed E-state index contributed by atoms with van der Waals surface area (Å²) >= 11 is 0. The van der Waals surface area contributed by atoms with Gasteiger partial charge >= 0.3 is 0 Å². The predicted molar refractivity (Wildman–Crippen MR) is 82.2 cm³/mol. The molecule has 5 nitrogen and oxygen atoms in total. The second-order valence-electron chi connectivity index (χ2n) is 6.47. The number of anilines is 1. The summed E-state index contributed by atoms with van der Waals surface area (Å²) in [6, 6.07) is 2.10. The number of piperidine rings is 1. The minimum atomic E-state index is -2.58. The maximum Gasteiger partial charge on any atom is 0.248 e. The second-order valence-corrected chi connectivity index (χ2v) is 6.47. The summed E-state index contributed by atoms with van der Waals surface area (Å²) in [6.07, 6.45) is 5.18. The average Bonchev–Trinajstić information content (AvgIpc) is 2.56. The second kappa shape index (κ2) is 6.76. The predicted octanol–water partition coefficient (Wildman–Crippen LogP) is 2.71. The van der Waals surface area contributed by atoms with Crippen molar-refractivity contribution >= 4 is 11.7 Å². The molecule has 7 heteroatoms. The van der Waals surface area contributed by atoms with Crippen molar-refractivity contribution < 1.29 is 13.6 Å². The highest BCUT2D eigenvalue weighted by Gasteiger charge is 2.39. The first-order valence-corrected chi connectivity index (χ1v) is 8.23. The number of nitrogens with one attached hydrogen (secondary N) is 1. The molecule has 2 heterocycles. The van der Waals surface area contributed by atoms with Crippen molar-refractivity contribution in [2.45, 2.75) is 50.5 Å². The fraction of sp³-hybridized carbons (Fsp3) is 0.688. The number of aromatic nitrogens is 2. The SMILES string of the molecule is O=C(C1CCC(F)(F)CC1)N1CCC(Nc2ccncn2)CC1. The standard InChI is InChI=1S/C16H22F2N4O/c17-16(18)6-1-12(2-7-16)15(23)22-9-4-13(5-10-22)21-14-3-8-19-11-20-14/h3,8,11-13H,1-2,4-7,9-10H2,(H,19,20,21). The Kier molecular flexibility index (Phi) is 4.73. The number of likely N-dealkylation sites (tertiary alicyclic amines) is 1. The molecule has 0 bridgehead atoms. The van der Waals surface area contributed by atoms with Crippen molar-refractivity contribution in [2.24, 2.45) is 5.92 Å². The molecule has 1 N–H and O–H groups in total. The van der Waals surface area contributed by atoms with Gasteiger partial charge in [-0.1, -0.05) is 0 Å². The molecule has 1 aliphatic carbocycles. The van der Waals surface area contributed by atoms with Crippen molar-refractivity contribution in [3.8, 4) is 0 Å². The third-order valence-electron chi connectivity index (χ3n) is 4.81. The molecule has 2 fully saturated rings. The Morgan fingerprint density at radius 2 is 1.91 bits per heavy atom. The zero-order chi connectivity index (χ0) is 16.3. The van der Waals surface area contributed by atoms with E-state index in [-0.39, 0.29) is 30.7 Å². The van der Waals surface area contributed by atoms with E-state index >= 15 is 0 Å². The molecular formula is C16H22F2N4O. The minimum absolute atomic E-state index is 0.0565. The van der Waals surface area contributed by atoms with Gasteiger partial charge in [-0.05, 0) is 31.7 Å². The Bertz CT molecular complexity index is 522. The van der Waals surface area contributed by atoms with Crippen LogP contribution in [0.5, 0.6) is 0 Å². The van der Waals surface area contributed by atoms with Crippen molar-refractivity contribution in [2.75, 3.05) is 18.4 Å². The Hall–Kier alpha value is -1.79. The van der Waals surface area contributed by atoms with Crippen LogP contribution in [-0.2, 0) is 4.79 Å². The van der Waals surface area contributed by atoms with Crippen LogP contribution >= 0.6 is 0 Å². The van der Waals surface area contributed by atoms with Crippen LogP contribution in [0.15, 0.2) is 18.6 Å². The Labute approximate surface area is 134 Å². The molecule has 3 rings (SSSR count). The molecule has 1 saturated heterocycles. The first-order chi connectivity index (χ1) is 11.0. The summed E-state index contributed by atoms with van der Waals surface area (Å²) in [7, 11) is 0. The quantitative estimate of drug-likeness (QED) is 0.929. The first-order valence-electron chi connectivity index (χ1n) is 8.23. The molecule has 0 unspecified atom stereocenters. The van der Waals surface area contributed by atoms with Crippen molar-refractivity contribution in [1.29, 1.82) is 0 Å². The highest BCUT2D eigenvalue weighted by molar-refractivity contribution is 5.79. The molecule has 0 spiro atoms. The number of amides is 1. The third kappa shape index (κ3) is 4.14. The molecule has 126 valence electrons. The number of hydrogen-bond acceptors (Lipinski definition) is 4. The van der Waals surface area contributed by atoms with E-state index in [9.17, 15) is 13.6 Å².